The van der Waals surface area contributed by atoms with Crippen LogP contribution in [0.5, 0.6) is 0 Å². The van der Waals surface area contributed by atoms with E-state index in [4.69, 9.17) is 28.4 Å². The third-order valence-corrected chi connectivity index (χ3v) is 10.7. The van der Waals surface area contributed by atoms with Crippen LogP contribution < -0.4 is 10.6 Å². The van der Waals surface area contributed by atoms with Crippen molar-refractivity contribution >= 4 is 23.6 Å². The molecule has 9 N–H and O–H groups in total. The molecule has 0 saturated carbocycles. The van der Waals surface area contributed by atoms with Crippen molar-refractivity contribution in [1.82, 2.24) is 10.6 Å². The lowest BCUT2D eigenvalue weighted by Gasteiger charge is -2.48. The molecule has 0 unspecified atom stereocenters. The van der Waals surface area contributed by atoms with Crippen LogP contribution in [0.25, 0.3) is 0 Å². The van der Waals surface area contributed by atoms with Gasteiger partial charge in [-0.15, -0.1) is 11.8 Å². The maximum Gasteiger partial charge on any atom is 0.230 e. The number of thioether (sulfide) groups is 1. The molecule has 2 amide bonds. The molecule has 1 aromatic rings. The van der Waals surface area contributed by atoms with Crippen molar-refractivity contribution in [2.75, 3.05) is 25.6 Å². The van der Waals surface area contributed by atoms with Crippen molar-refractivity contribution in [3.63, 3.8) is 0 Å². The van der Waals surface area contributed by atoms with E-state index in [1.54, 1.807) is 6.92 Å². The van der Waals surface area contributed by atoms with E-state index in [2.05, 4.69) is 17.6 Å². The number of aliphatic hydroxyl groups excluding tert-OH is 7. The number of carbonyl (C=O) groups is 2. The fourth-order valence-electron chi connectivity index (χ4n) is 6.60. The molecule has 1 aromatic carbocycles. The molecule has 18 heteroatoms. The highest BCUT2D eigenvalue weighted by Crippen LogP contribution is 2.31. The van der Waals surface area contributed by atoms with Gasteiger partial charge >= 0.3 is 0 Å². The summed E-state index contributed by atoms with van der Waals surface area (Å²) in [7, 11) is 0. The van der Waals surface area contributed by atoms with Gasteiger partial charge in [-0.3, -0.25) is 9.59 Å². The number of carbonyl (C=O) groups excluding carboxylic acids is 2. The van der Waals surface area contributed by atoms with Crippen molar-refractivity contribution < 1.29 is 73.8 Å². The predicted octanol–water partition coefficient (Wildman–Crippen LogP) is -1.10. The summed E-state index contributed by atoms with van der Waals surface area (Å²) in [5.41, 5.74) is 0. The van der Waals surface area contributed by atoms with Crippen LogP contribution in [0.4, 0.5) is 0 Å². The van der Waals surface area contributed by atoms with E-state index >= 15 is 0 Å². The lowest BCUT2D eigenvalue weighted by Crippen LogP contribution is -2.69. The van der Waals surface area contributed by atoms with Gasteiger partial charge in [-0.2, -0.15) is 0 Å². The van der Waals surface area contributed by atoms with Crippen LogP contribution in [-0.2, 0) is 38.0 Å². The standard InChI is InChI=1S/C36H58N2O15S/c1-4-5-6-7-8-12-15-48-35-32(47)31(46)28(43)23(52-35)17-49-36-33(53-34-26(37-20(3)40)29(44)27(42)22(16-39)51-34)30(45)25(19(2)50-36)38-24(41)18-54-21-13-10-9-11-14-21/h9-11,13-14,19,22-23,25-36,39,42-47H,4-8,12,15-18H2,1-3H3,(H,37,40)(H,38,41)/t19-,22-,23-,25-,26-,27-,28-,29-,30+,31+,32-,33+,34+,35-,36+/m1/s1. The quantitative estimate of drug-likeness (QED) is 0.0596. The van der Waals surface area contributed by atoms with Gasteiger partial charge in [0.15, 0.2) is 18.9 Å². The van der Waals surface area contributed by atoms with E-state index in [0.29, 0.717) is 6.42 Å². The molecule has 4 rings (SSSR count). The molecule has 3 heterocycles. The Kier molecular flexibility index (Phi) is 18.3. The summed E-state index contributed by atoms with van der Waals surface area (Å²) in [5.74, 6) is -1.02. The fraction of sp³-hybridized carbons (Fsp3) is 0.778. The molecule has 308 valence electrons. The maximum absolute atomic E-state index is 13.1. The lowest BCUT2D eigenvalue weighted by atomic mass is 9.94. The average molecular weight is 791 g/mol. The van der Waals surface area contributed by atoms with Gasteiger partial charge in [-0.1, -0.05) is 57.2 Å². The third kappa shape index (κ3) is 12.2. The van der Waals surface area contributed by atoms with Gasteiger partial charge < -0.3 is 74.8 Å². The Hall–Kier alpha value is -2.01. The van der Waals surface area contributed by atoms with Crippen molar-refractivity contribution in [2.24, 2.45) is 0 Å². The molecule has 3 aliphatic heterocycles. The van der Waals surface area contributed by atoms with Gasteiger partial charge in [0.05, 0.1) is 31.1 Å². The first-order valence-corrected chi connectivity index (χ1v) is 19.6. The number of benzene rings is 1. The van der Waals surface area contributed by atoms with Crippen molar-refractivity contribution in [3.8, 4) is 0 Å². The van der Waals surface area contributed by atoms with Crippen LogP contribution in [0.2, 0.25) is 0 Å². The highest BCUT2D eigenvalue weighted by atomic mass is 32.2. The summed E-state index contributed by atoms with van der Waals surface area (Å²) < 4.78 is 35.6. The highest BCUT2D eigenvalue weighted by Gasteiger charge is 2.52. The first-order valence-electron chi connectivity index (χ1n) is 18.6. The number of amides is 2. The normalized spacial score (nSPS) is 37.1. The zero-order valence-corrected chi connectivity index (χ0v) is 31.7. The second-order valence-corrected chi connectivity index (χ2v) is 15.0. The van der Waals surface area contributed by atoms with E-state index in [9.17, 15) is 45.3 Å². The number of hydrogen-bond acceptors (Lipinski definition) is 16. The SMILES string of the molecule is CCCCCCCCO[C@@H]1O[C@H](CO[C@H]2O[C@H](C)[C@@H](NC(=O)CSc3ccccc3)[C@H](O)[C@@H]2O[C@@H]2O[C@H](CO)[C@@H](O)[C@H](O)[C@H]2NC(C)=O)[C@@H](O)[C@H](O)[C@H]1O. The number of nitrogens with one attached hydrogen (secondary N) is 2. The molecule has 3 aliphatic rings. The summed E-state index contributed by atoms with van der Waals surface area (Å²) in [4.78, 5) is 26.0. The molecule has 0 radical (unpaired) electrons. The van der Waals surface area contributed by atoms with Gasteiger partial charge in [0.1, 0.15) is 61.0 Å². The summed E-state index contributed by atoms with van der Waals surface area (Å²) >= 11 is 1.28. The first kappa shape index (κ1) is 44.7. The van der Waals surface area contributed by atoms with E-state index < -0.39 is 117 Å². The second-order valence-electron chi connectivity index (χ2n) is 13.9. The molecule has 3 fully saturated rings. The van der Waals surface area contributed by atoms with Crippen LogP contribution in [0.15, 0.2) is 35.2 Å². The average Bonchev–Trinajstić information content (AvgIpc) is 3.15. The molecule has 0 spiro atoms. The lowest BCUT2D eigenvalue weighted by molar-refractivity contribution is -0.352. The summed E-state index contributed by atoms with van der Waals surface area (Å²) in [5, 5.41) is 80.2. The zero-order valence-electron chi connectivity index (χ0n) is 30.9. The van der Waals surface area contributed by atoms with Crippen molar-refractivity contribution in [2.45, 2.75) is 156 Å². The minimum Gasteiger partial charge on any atom is -0.394 e. The van der Waals surface area contributed by atoms with Gasteiger partial charge in [0.2, 0.25) is 11.8 Å². The summed E-state index contributed by atoms with van der Waals surface area (Å²) in [6, 6.07) is 6.78. The molecule has 0 aliphatic carbocycles. The Morgan fingerprint density at radius 1 is 0.741 bits per heavy atom. The Morgan fingerprint density at radius 3 is 2.09 bits per heavy atom. The van der Waals surface area contributed by atoms with Gasteiger partial charge in [0.25, 0.3) is 0 Å². The summed E-state index contributed by atoms with van der Waals surface area (Å²) in [6.07, 6.45) is -12.9. The van der Waals surface area contributed by atoms with Gasteiger partial charge in [-0.05, 0) is 25.5 Å². The van der Waals surface area contributed by atoms with Crippen LogP contribution in [0.3, 0.4) is 0 Å². The number of ether oxygens (including phenoxy) is 6. The largest absolute Gasteiger partial charge is 0.394 e. The minimum absolute atomic E-state index is 0.0111. The smallest absolute Gasteiger partial charge is 0.230 e. The molecular weight excluding hydrogens is 732 g/mol. The van der Waals surface area contributed by atoms with Gasteiger partial charge in [-0.25, -0.2) is 0 Å². The van der Waals surface area contributed by atoms with Crippen molar-refractivity contribution in [1.29, 1.82) is 0 Å². The molecule has 0 bridgehead atoms. The number of aliphatic hydroxyl groups is 7. The number of unbranched alkanes of at least 4 members (excludes halogenated alkanes) is 5. The topological polar surface area (TPSA) is 255 Å². The zero-order chi connectivity index (χ0) is 39.4. The number of rotatable bonds is 19. The molecule has 15 atom stereocenters. The Balaban J connectivity index is 1.49. The minimum atomic E-state index is -1.66. The van der Waals surface area contributed by atoms with E-state index in [0.717, 1.165) is 37.0 Å². The second kappa shape index (κ2) is 22.1. The van der Waals surface area contributed by atoms with E-state index in [1.807, 2.05) is 30.3 Å². The molecule has 0 aromatic heterocycles. The van der Waals surface area contributed by atoms with Gasteiger partial charge in [0, 0.05) is 18.4 Å². The molecule has 17 nitrogen and oxygen atoms in total. The van der Waals surface area contributed by atoms with Crippen LogP contribution >= 0.6 is 11.8 Å². The number of hydrogen-bond donors (Lipinski definition) is 9. The van der Waals surface area contributed by atoms with Crippen LogP contribution in [0, 0.1) is 0 Å². The van der Waals surface area contributed by atoms with Crippen molar-refractivity contribution in [3.05, 3.63) is 30.3 Å². The van der Waals surface area contributed by atoms with Crippen LogP contribution in [-0.4, -0.2) is 165 Å². The fourth-order valence-corrected chi connectivity index (χ4v) is 7.33. The molecule has 3 saturated heterocycles. The third-order valence-electron chi connectivity index (χ3n) is 9.68. The van der Waals surface area contributed by atoms with E-state index in [-0.39, 0.29) is 12.4 Å². The maximum atomic E-state index is 13.1. The summed E-state index contributed by atoms with van der Waals surface area (Å²) in [6.45, 7) is 3.95. The Bertz CT molecular complexity index is 1270. The first-order chi connectivity index (χ1) is 25.9. The predicted molar refractivity (Wildman–Crippen MR) is 192 cm³/mol. The monoisotopic (exact) mass is 790 g/mol. The Labute approximate surface area is 319 Å². The Morgan fingerprint density at radius 2 is 1.41 bits per heavy atom. The molecule has 54 heavy (non-hydrogen) atoms. The van der Waals surface area contributed by atoms with Crippen LogP contribution in [0.1, 0.15) is 59.3 Å². The molecular formula is C36H58N2O15S. The highest BCUT2D eigenvalue weighted by molar-refractivity contribution is 8.00. The van der Waals surface area contributed by atoms with E-state index in [1.165, 1.54) is 18.7 Å².